The van der Waals surface area contributed by atoms with Crippen molar-refractivity contribution >= 4 is 5.78 Å². The Morgan fingerprint density at radius 2 is 1.93 bits per heavy atom. The van der Waals surface area contributed by atoms with Gasteiger partial charge in [-0.3, -0.25) is 9.59 Å². The quantitative estimate of drug-likeness (QED) is 0.586. The number of ketones is 1. The zero-order valence-corrected chi connectivity index (χ0v) is 17.5. The molecule has 1 aromatic heterocycles. The van der Waals surface area contributed by atoms with Gasteiger partial charge in [0.05, 0.1) is 0 Å². The number of pyridine rings is 1. The van der Waals surface area contributed by atoms with Crippen LogP contribution < -0.4 is 5.56 Å². The van der Waals surface area contributed by atoms with Crippen molar-refractivity contribution in [1.29, 1.82) is 0 Å². The molecule has 0 aliphatic heterocycles. The molecule has 0 saturated heterocycles. The Kier molecular flexibility index (Phi) is 5.89. The minimum absolute atomic E-state index is 0.0228. The highest BCUT2D eigenvalue weighted by Crippen LogP contribution is 2.36. The van der Waals surface area contributed by atoms with Crippen LogP contribution in [0.3, 0.4) is 0 Å². The fourth-order valence-electron chi connectivity index (χ4n) is 3.77. The van der Waals surface area contributed by atoms with Gasteiger partial charge in [-0.25, -0.2) is 0 Å². The zero-order valence-electron chi connectivity index (χ0n) is 17.5. The normalized spacial score (nSPS) is 13.4. The maximum Gasteiger partial charge on any atom is 0.252 e. The van der Waals surface area contributed by atoms with E-state index in [0.717, 1.165) is 35.2 Å². The van der Waals surface area contributed by atoms with Gasteiger partial charge in [0.2, 0.25) is 0 Å². The predicted octanol–water partition coefficient (Wildman–Crippen LogP) is 5.06. The number of carbonyl (C=O) groups excluding carboxylic acids is 1. The Hall–Kier alpha value is -2.60. The molecule has 146 valence electrons. The summed E-state index contributed by atoms with van der Waals surface area (Å²) in [6.45, 7) is 9.85. The molecule has 1 aromatic carbocycles. The molecule has 28 heavy (non-hydrogen) atoms. The summed E-state index contributed by atoms with van der Waals surface area (Å²) >= 11 is 0. The van der Waals surface area contributed by atoms with Crippen LogP contribution in [0.4, 0.5) is 0 Å². The van der Waals surface area contributed by atoms with Crippen LogP contribution in [0, 0.1) is 31.6 Å². The number of rotatable bonds is 5. The average molecular weight is 376 g/mol. The van der Waals surface area contributed by atoms with Gasteiger partial charge in [-0.15, -0.1) is 0 Å². The van der Waals surface area contributed by atoms with Gasteiger partial charge in [0.25, 0.3) is 5.56 Å². The first-order valence-corrected chi connectivity index (χ1v) is 10.2. The van der Waals surface area contributed by atoms with E-state index in [2.05, 4.69) is 16.8 Å². The largest absolute Gasteiger partial charge is 0.326 e. The third kappa shape index (κ3) is 4.28. The van der Waals surface area contributed by atoms with E-state index in [1.54, 1.807) is 0 Å². The minimum Gasteiger partial charge on any atom is -0.326 e. The highest BCUT2D eigenvalue weighted by molar-refractivity contribution is 6.11. The van der Waals surface area contributed by atoms with Crippen molar-refractivity contribution in [2.45, 2.75) is 66.2 Å². The molecule has 1 fully saturated rings. The molecule has 1 heterocycles. The van der Waals surface area contributed by atoms with Gasteiger partial charge in [0, 0.05) is 34.4 Å². The lowest BCUT2D eigenvalue weighted by molar-refractivity contribution is 0.103. The van der Waals surface area contributed by atoms with Crippen molar-refractivity contribution in [3.05, 3.63) is 67.6 Å². The van der Waals surface area contributed by atoms with Crippen LogP contribution in [0.2, 0.25) is 0 Å². The second kappa shape index (κ2) is 8.19. The Balaban J connectivity index is 2.20. The number of aromatic nitrogens is 1. The lowest BCUT2D eigenvalue weighted by Gasteiger charge is -2.18. The standard InChI is InChI=1S/C25H29NO2/c1-6-7-8-19-11-16(4)12-20(13-19)24(27)23-21(14-18-9-10-18)17(5)26-25(28)22(23)15(2)3/h11-13,15,18H,6,9-10,14H2,1-5H3,(H,26,28). The summed E-state index contributed by atoms with van der Waals surface area (Å²) in [6, 6.07) is 5.76. The minimum atomic E-state index is -0.144. The fraction of sp³-hybridized carbons (Fsp3) is 0.440. The summed E-state index contributed by atoms with van der Waals surface area (Å²) in [5, 5.41) is 0. The second-order valence-electron chi connectivity index (χ2n) is 8.22. The van der Waals surface area contributed by atoms with Crippen molar-refractivity contribution in [3.8, 4) is 11.8 Å². The number of carbonyl (C=O) groups is 1. The maximum absolute atomic E-state index is 13.7. The molecule has 0 amide bonds. The van der Waals surface area contributed by atoms with E-state index in [1.807, 2.05) is 52.8 Å². The van der Waals surface area contributed by atoms with Crippen LogP contribution in [0.5, 0.6) is 0 Å². The number of benzene rings is 1. The van der Waals surface area contributed by atoms with Gasteiger partial charge in [-0.05, 0) is 74.3 Å². The summed E-state index contributed by atoms with van der Waals surface area (Å²) in [5.41, 5.74) is 5.38. The Morgan fingerprint density at radius 1 is 1.21 bits per heavy atom. The van der Waals surface area contributed by atoms with E-state index >= 15 is 0 Å². The summed E-state index contributed by atoms with van der Waals surface area (Å²) in [6.07, 6.45) is 4.03. The second-order valence-corrected chi connectivity index (χ2v) is 8.22. The summed E-state index contributed by atoms with van der Waals surface area (Å²) < 4.78 is 0. The monoisotopic (exact) mass is 375 g/mol. The highest BCUT2D eigenvalue weighted by atomic mass is 16.1. The Labute approximate surface area is 167 Å². The van der Waals surface area contributed by atoms with Gasteiger partial charge in [-0.1, -0.05) is 32.6 Å². The van der Waals surface area contributed by atoms with E-state index in [9.17, 15) is 9.59 Å². The highest BCUT2D eigenvalue weighted by Gasteiger charge is 2.29. The molecule has 3 heteroatoms. The first-order valence-electron chi connectivity index (χ1n) is 10.2. The molecule has 0 unspecified atom stereocenters. The number of hydrogen-bond donors (Lipinski definition) is 1. The molecular weight excluding hydrogens is 346 g/mol. The van der Waals surface area contributed by atoms with Crippen LogP contribution in [0.25, 0.3) is 0 Å². The van der Waals surface area contributed by atoms with Gasteiger partial charge < -0.3 is 4.98 Å². The molecule has 0 radical (unpaired) electrons. The number of aromatic amines is 1. The summed E-state index contributed by atoms with van der Waals surface area (Å²) in [4.78, 5) is 29.4. The van der Waals surface area contributed by atoms with Crippen LogP contribution >= 0.6 is 0 Å². The molecule has 1 aliphatic carbocycles. The Morgan fingerprint density at radius 3 is 2.54 bits per heavy atom. The summed E-state index contributed by atoms with van der Waals surface area (Å²) in [7, 11) is 0. The topological polar surface area (TPSA) is 49.9 Å². The van der Waals surface area contributed by atoms with E-state index in [1.165, 1.54) is 12.8 Å². The molecule has 1 saturated carbocycles. The first kappa shape index (κ1) is 20.1. The van der Waals surface area contributed by atoms with Crippen molar-refractivity contribution < 1.29 is 4.79 Å². The third-order valence-electron chi connectivity index (χ3n) is 5.31. The van der Waals surface area contributed by atoms with Crippen LogP contribution in [-0.2, 0) is 6.42 Å². The molecule has 1 N–H and O–H groups in total. The Bertz CT molecular complexity index is 1030. The van der Waals surface area contributed by atoms with Gasteiger partial charge >= 0.3 is 0 Å². The van der Waals surface area contributed by atoms with E-state index in [4.69, 9.17) is 0 Å². The lowest BCUT2D eigenvalue weighted by Crippen LogP contribution is -2.24. The van der Waals surface area contributed by atoms with Gasteiger partial charge in [0.15, 0.2) is 5.78 Å². The predicted molar refractivity (Wildman–Crippen MR) is 114 cm³/mol. The zero-order chi connectivity index (χ0) is 20.4. The van der Waals surface area contributed by atoms with Crippen LogP contribution in [0.15, 0.2) is 23.0 Å². The molecule has 0 spiro atoms. The number of H-pyrrole nitrogens is 1. The van der Waals surface area contributed by atoms with Gasteiger partial charge in [0.1, 0.15) is 0 Å². The molecule has 3 rings (SSSR count). The van der Waals surface area contributed by atoms with Gasteiger partial charge in [-0.2, -0.15) is 0 Å². The number of aryl methyl sites for hydroxylation is 2. The smallest absolute Gasteiger partial charge is 0.252 e. The molecular formula is C25H29NO2. The summed E-state index contributed by atoms with van der Waals surface area (Å²) in [5.74, 6) is 6.75. The number of hydrogen-bond acceptors (Lipinski definition) is 2. The first-order chi connectivity index (χ1) is 13.3. The van der Waals surface area contributed by atoms with Crippen molar-refractivity contribution in [2.75, 3.05) is 0 Å². The molecule has 0 bridgehead atoms. The molecule has 1 aliphatic rings. The number of nitrogens with one attached hydrogen (secondary N) is 1. The van der Waals surface area contributed by atoms with Crippen LogP contribution in [0.1, 0.15) is 89.8 Å². The van der Waals surface area contributed by atoms with Crippen molar-refractivity contribution in [2.24, 2.45) is 5.92 Å². The molecule has 3 nitrogen and oxygen atoms in total. The maximum atomic E-state index is 13.7. The van der Waals surface area contributed by atoms with E-state index in [-0.39, 0.29) is 17.3 Å². The molecule has 0 atom stereocenters. The van der Waals surface area contributed by atoms with E-state index in [0.29, 0.717) is 22.6 Å². The van der Waals surface area contributed by atoms with Crippen molar-refractivity contribution in [1.82, 2.24) is 4.98 Å². The lowest BCUT2D eigenvalue weighted by atomic mass is 9.86. The average Bonchev–Trinajstić information content (AvgIpc) is 3.44. The molecule has 2 aromatic rings. The van der Waals surface area contributed by atoms with Crippen LogP contribution in [-0.4, -0.2) is 10.8 Å². The third-order valence-corrected chi connectivity index (χ3v) is 5.31. The fourth-order valence-corrected chi connectivity index (χ4v) is 3.77. The van der Waals surface area contributed by atoms with E-state index < -0.39 is 0 Å². The van der Waals surface area contributed by atoms with Crippen molar-refractivity contribution in [3.63, 3.8) is 0 Å². The SMILES string of the molecule is CCC#Cc1cc(C)cc(C(=O)c2c(CC3CC3)c(C)[nH]c(=O)c2C(C)C)c1.